The van der Waals surface area contributed by atoms with Crippen LogP contribution in [0.15, 0.2) is 17.2 Å². The van der Waals surface area contributed by atoms with Gasteiger partial charge >= 0.3 is 12.6 Å². The largest absolute Gasteiger partial charge is 0.434 e. The highest BCUT2D eigenvalue weighted by Gasteiger charge is 2.43. The van der Waals surface area contributed by atoms with Crippen molar-refractivity contribution in [2.24, 2.45) is 5.10 Å². The normalized spacial score (nSPS) is 16.0. The Hall–Kier alpha value is -3.04. The minimum absolute atomic E-state index is 0.0622. The standard InChI is InChI=1S/C18H22F2N4O4/c1-10-7-12(8-11(2)14(10)28-16(19)20)9-21-23-13(25)5-6-24-15(26)18(3,4)22-17(24)27/h7-9,16H,5-6H2,1-4H3,(H,22,27)(H,23,25)/b21-9-. The number of nitrogens with zero attached hydrogens (tertiary/aromatic N) is 2. The molecule has 1 aromatic rings. The average Bonchev–Trinajstić information content (AvgIpc) is 2.76. The van der Waals surface area contributed by atoms with Crippen LogP contribution in [0.4, 0.5) is 13.6 Å². The van der Waals surface area contributed by atoms with E-state index in [2.05, 4.69) is 20.6 Å². The second-order valence-electron chi connectivity index (χ2n) is 6.92. The quantitative estimate of drug-likeness (QED) is 0.419. The van der Waals surface area contributed by atoms with Crippen molar-refractivity contribution in [3.05, 3.63) is 28.8 Å². The van der Waals surface area contributed by atoms with Crippen molar-refractivity contribution in [3.63, 3.8) is 0 Å². The van der Waals surface area contributed by atoms with E-state index in [0.717, 1.165) is 4.90 Å². The zero-order valence-corrected chi connectivity index (χ0v) is 16.0. The van der Waals surface area contributed by atoms with Gasteiger partial charge < -0.3 is 10.1 Å². The lowest BCUT2D eigenvalue weighted by Gasteiger charge is -2.15. The Kier molecular flexibility index (Phi) is 6.32. The first-order valence-electron chi connectivity index (χ1n) is 8.53. The molecule has 1 fully saturated rings. The van der Waals surface area contributed by atoms with E-state index in [9.17, 15) is 23.2 Å². The molecule has 0 spiro atoms. The highest BCUT2D eigenvalue weighted by molar-refractivity contribution is 6.06. The fourth-order valence-corrected chi connectivity index (χ4v) is 2.80. The van der Waals surface area contributed by atoms with Crippen LogP contribution in [0, 0.1) is 13.8 Å². The van der Waals surface area contributed by atoms with E-state index in [-0.39, 0.29) is 18.7 Å². The topological polar surface area (TPSA) is 100 Å². The fraction of sp³-hybridized carbons (Fsp3) is 0.444. The maximum atomic E-state index is 12.4. The van der Waals surface area contributed by atoms with E-state index in [1.165, 1.54) is 6.21 Å². The highest BCUT2D eigenvalue weighted by Crippen LogP contribution is 2.25. The average molecular weight is 396 g/mol. The lowest BCUT2D eigenvalue weighted by Crippen LogP contribution is -2.40. The minimum Gasteiger partial charge on any atom is -0.434 e. The van der Waals surface area contributed by atoms with Gasteiger partial charge in [0.2, 0.25) is 5.91 Å². The third kappa shape index (κ3) is 5.02. The Bertz CT molecular complexity index is 801. The van der Waals surface area contributed by atoms with Gasteiger partial charge in [-0.1, -0.05) is 0 Å². The molecule has 8 nitrogen and oxygen atoms in total. The maximum Gasteiger partial charge on any atom is 0.387 e. The van der Waals surface area contributed by atoms with Crippen molar-refractivity contribution in [1.82, 2.24) is 15.6 Å². The van der Waals surface area contributed by atoms with Gasteiger partial charge in [-0.05, 0) is 56.5 Å². The van der Waals surface area contributed by atoms with Gasteiger partial charge in [0.15, 0.2) is 0 Å². The molecular weight excluding hydrogens is 374 g/mol. The molecule has 152 valence electrons. The number of nitrogens with one attached hydrogen (secondary N) is 2. The second-order valence-corrected chi connectivity index (χ2v) is 6.92. The summed E-state index contributed by atoms with van der Waals surface area (Å²) < 4.78 is 29.3. The first kappa shape index (κ1) is 21.3. The third-order valence-corrected chi connectivity index (χ3v) is 4.10. The molecule has 0 unspecified atom stereocenters. The number of amides is 4. The van der Waals surface area contributed by atoms with Crippen LogP contribution in [0.3, 0.4) is 0 Å². The van der Waals surface area contributed by atoms with Gasteiger partial charge in [0, 0.05) is 13.0 Å². The molecule has 1 aliphatic rings. The van der Waals surface area contributed by atoms with Gasteiger partial charge in [-0.15, -0.1) is 0 Å². The molecule has 2 N–H and O–H groups in total. The molecule has 0 saturated carbocycles. The number of hydrazone groups is 1. The van der Waals surface area contributed by atoms with E-state index in [4.69, 9.17) is 0 Å². The number of alkyl halides is 2. The van der Waals surface area contributed by atoms with Crippen molar-refractivity contribution < 1.29 is 27.9 Å². The van der Waals surface area contributed by atoms with Crippen LogP contribution in [-0.4, -0.2) is 47.7 Å². The number of rotatable bonds is 7. The molecule has 2 rings (SSSR count). The summed E-state index contributed by atoms with van der Waals surface area (Å²) in [7, 11) is 0. The number of ether oxygens (including phenoxy) is 1. The van der Waals surface area contributed by atoms with E-state index in [0.29, 0.717) is 16.7 Å². The van der Waals surface area contributed by atoms with Crippen molar-refractivity contribution in [1.29, 1.82) is 0 Å². The van der Waals surface area contributed by atoms with Crippen LogP contribution < -0.4 is 15.5 Å². The number of benzene rings is 1. The summed E-state index contributed by atoms with van der Waals surface area (Å²) in [5, 5.41) is 6.34. The van der Waals surface area contributed by atoms with Crippen molar-refractivity contribution in [2.75, 3.05) is 6.54 Å². The SMILES string of the molecule is Cc1cc(/C=N\NC(=O)CCN2C(=O)NC(C)(C)C2=O)cc(C)c1OC(F)F. The van der Waals surface area contributed by atoms with E-state index < -0.39 is 30.0 Å². The highest BCUT2D eigenvalue weighted by atomic mass is 19.3. The van der Waals surface area contributed by atoms with Crippen LogP contribution in [0.5, 0.6) is 5.75 Å². The Balaban J connectivity index is 1.90. The summed E-state index contributed by atoms with van der Waals surface area (Å²) in [5.41, 5.74) is 2.92. The van der Waals surface area contributed by atoms with Crippen LogP contribution in [0.2, 0.25) is 0 Å². The van der Waals surface area contributed by atoms with E-state index >= 15 is 0 Å². The van der Waals surface area contributed by atoms with Crippen molar-refractivity contribution in [2.45, 2.75) is 46.3 Å². The summed E-state index contributed by atoms with van der Waals surface area (Å²) in [5.74, 6) is -0.772. The lowest BCUT2D eigenvalue weighted by molar-refractivity contribution is -0.130. The zero-order valence-electron chi connectivity index (χ0n) is 16.0. The molecule has 0 bridgehead atoms. The van der Waals surface area contributed by atoms with Gasteiger partial charge in [0.05, 0.1) is 6.21 Å². The van der Waals surface area contributed by atoms with Crippen LogP contribution in [0.25, 0.3) is 0 Å². The van der Waals surface area contributed by atoms with E-state index in [1.54, 1.807) is 39.8 Å². The third-order valence-electron chi connectivity index (χ3n) is 4.10. The smallest absolute Gasteiger partial charge is 0.387 e. The molecule has 1 aromatic carbocycles. The molecular formula is C18H22F2N4O4. The van der Waals surface area contributed by atoms with Gasteiger partial charge in [0.1, 0.15) is 11.3 Å². The van der Waals surface area contributed by atoms with Gasteiger partial charge in [-0.2, -0.15) is 13.9 Å². The van der Waals surface area contributed by atoms with Crippen molar-refractivity contribution >= 4 is 24.1 Å². The fourth-order valence-electron chi connectivity index (χ4n) is 2.80. The summed E-state index contributed by atoms with van der Waals surface area (Å²) in [4.78, 5) is 36.6. The molecule has 1 saturated heterocycles. The molecule has 0 atom stereocenters. The molecule has 0 aliphatic carbocycles. The van der Waals surface area contributed by atoms with Gasteiger partial charge in [-0.25, -0.2) is 10.2 Å². The molecule has 1 aliphatic heterocycles. The van der Waals surface area contributed by atoms with E-state index in [1.807, 2.05) is 0 Å². The Labute approximate surface area is 160 Å². The number of halogens is 2. The van der Waals surface area contributed by atoms with Crippen LogP contribution in [-0.2, 0) is 9.59 Å². The van der Waals surface area contributed by atoms with Crippen molar-refractivity contribution in [3.8, 4) is 5.75 Å². The summed E-state index contributed by atoms with van der Waals surface area (Å²) >= 11 is 0. The first-order chi connectivity index (χ1) is 13.0. The summed E-state index contributed by atoms with van der Waals surface area (Å²) in [6, 6.07) is 2.65. The number of aryl methyl sites for hydroxylation is 2. The summed E-state index contributed by atoms with van der Waals surface area (Å²) in [6.07, 6.45) is 1.26. The number of urea groups is 1. The van der Waals surface area contributed by atoms with Crippen LogP contribution >= 0.6 is 0 Å². The molecule has 28 heavy (non-hydrogen) atoms. The molecule has 4 amide bonds. The summed E-state index contributed by atoms with van der Waals surface area (Å²) in [6.45, 7) is 3.44. The number of carbonyl (C=O) groups is 3. The number of hydrogen-bond acceptors (Lipinski definition) is 5. The minimum atomic E-state index is -2.91. The monoisotopic (exact) mass is 396 g/mol. The number of imide groups is 1. The molecule has 0 radical (unpaired) electrons. The van der Waals surface area contributed by atoms with Crippen LogP contribution in [0.1, 0.15) is 37.0 Å². The predicted octanol–water partition coefficient (Wildman–Crippen LogP) is 2.08. The molecule has 10 heteroatoms. The Morgan fingerprint density at radius 1 is 1.32 bits per heavy atom. The second kappa shape index (κ2) is 8.32. The number of carbonyl (C=O) groups excluding carboxylic acids is 3. The Morgan fingerprint density at radius 3 is 2.43 bits per heavy atom. The lowest BCUT2D eigenvalue weighted by atomic mass is 10.1. The first-order valence-corrected chi connectivity index (χ1v) is 8.53. The van der Waals surface area contributed by atoms with Gasteiger partial charge in [-0.3, -0.25) is 14.5 Å². The zero-order chi connectivity index (χ0) is 21.1. The molecule has 1 heterocycles. The number of hydrogen-bond donors (Lipinski definition) is 2. The Morgan fingerprint density at radius 2 is 1.93 bits per heavy atom. The van der Waals surface area contributed by atoms with Gasteiger partial charge in [0.25, 0.3) is 5.91 Å². The maximum absolute atomic E-state index is 12.4. The molecule has 0 aromatic heterocycles. The predicted molar refractivity (Wildman–Crippen MR) is 97.2 cm³/mol.